The molecule has 2 N–H and O–H groups in total. The lowest BCUT2D eigenvalue weighted by atomic mass is 9.85. The van der Waals surface area contributed by atoms with Gasteiger partial charge in [0.2, 0.25) is 5.91 Å². The number of rotatable bonds is 6. The van der Waals surface area contributed by atoms with Crippen molar-refractivity contribution in [3.63, 3.8) is 0 Å². The lowest BCUT2D eigenvalue weighted by molar-refractivity contribution is -0.143. The van der Waals surface area contributed by atoms with E-state index in [2.05, 4.69) is 5.32 Å². The number of aliphatic carboxylic acids is 1. The zero-order valence-electron chi connectivity index (χ0n) is 15.0. The molecule has 1 aliphatic carbocycles. The summed E-state index contributed by atoms with van der Waals surface area (Å²) in [5, 5.41) is 12.4. The molecule has 144 valence electrons. The summed E-state index contributed by atoms with van der Waals surface area (Å²) in [4.78, 5) is 25.9. The fourth-order valence-corrected chi connectivity index (χ4v) is 4.23. The van der Waals surface area contributed by atoms with Crippen LogP contribution in [0.25, 0.3) is 0 Å². The Kier molecular flexibility index (Phi) is 7.29. The number of carbonyl (C=O) groups is 2. The second-order valence-electron chi connectivity index (χ2n) is 7.00. The summed E-state index contributed by atoms with van der Waals surface area (Å²) in [6, 6.07) is 7.25. The Bertz CT molecular complexity index is 640. The first kappa shape index (κ1) is 20.5. The number of carbonyl (C=O) groups excluding carboxylic acids is 1. The van der Waals surface area contributed by atoms with E-state index in [0.29, 0.717) is 18.9 Å². The molecule has 0 radical (unpaired) electrons. The van der Waals surface area contributed by atoms with Gasteiger partial charge in [-0.15, -0.1) is 12.4 Å². The van der Waals surface area contributed by atoms with Gasteiger partial charge in [0.25, 0.3) is 0 Å². The van der Waals surface area contributed by atoms with Crippen LogP contribution in [0.1, 0.15) is 37.7 Å². The second kappa shape index (κ2) is 9.24. The van der Waals surface area contributed by atoms with E-state index in [1.54, 1.807) is 7.11 Å². The standard InChI is InChI=1S/C19H26N2O4.ClH/c1-25-15-7-4-5-13(9-15)11-20-18(22)12-21-16-8-3-2-6-14(16)10-17(21)19(23)24;/h4-5,7,9,14,16-17H,2-3,6,8,10-12H2,1H3,(H,20,22)(H,23,24);1H. The molecule has 1 aromatic rings. The average molecular weight is 383 g/mol. The van der Waals surface area contributed by atoms with Crippen LogP contribution in [0.15, 0.2) is 24.3 Å². The van der Waals surface area contributed by atoms with Gasteiger partial charge in [-0.2, -0.15) is 0 Å². The molecule has 26 heavy (non-hydrogen) atoms. The monoisotopic (exact) mass is 382 g/mol. The first-order chi connectivity index (χ1) is 12.1. The smallest absolute Gasteiger partial charge is 0.320 e. The number of fused-ring (bicyclic) bond motifs is 1. The number of hydrogen-bond donors (Lipinski definition) is 2. The number of halogens is 1. The minimum Gasteiger partial charge on any atom is -0.497 e. The molecular formula is C19H27ClN2O4. The van der Waals surface area contributed by atoms with Crippen LogP contribution >= 0.6 is 12.4 Å². The van der Waals surface area contributed by atoms with Gasteiger partial charge in [0, 0.05) is 12.6 Å². The minimum absolute atomic E-state index is 0. The Hall–Kier alpha value is -1.79. The summed E-state index contributed by atoms with van der Waals surface area (Å²) in [7, 11) is 1.61. The molecule has 3 atom stereocenters. The third-order valence-corrected chi connectivity index (χ3v) is 5.46. The Labute approximate surface area is 160 Å². The molecule has 0 aromatic heterocycles. The second-order valence-corrected chi connectivity index (χ2v) is 7.00. The van der Waals surface area contributed by atoms with Gasteiger partial charge < -0.3 is 15.2 Å². The van der Waals surface area contributed by atoms with E-state index >= 15 is 0 Å². The SMILES string of the molecule is COc1cccc(CNC(=O)CN2C(C(=O)O)CC3CCCCC32)c1.Cl. The van der Waals surface area contributed by atoms with Gasteiger partial charge in [0.15, 0.2) is 0 Å². The zero-order valence-corrected chi connectivity index (χ0v) is 15.8. The van der Waals surface area contributed by atoms with Crippen molar-refractivity contribution in [1.82, 2.24) is 10.2 Å². The molecule has 1 saturated heterocycles. The maximum atomic E-state index is 12.4. The highest BCUT2D eigenvalue weighted by Crippen LogP contribution is 2.39. The molecule has 0 spiro atoms. The number of nitrogens with zero attached hydrogens (tertiary/aromatic N) is 1. The lowest BCUT2D eigenvalue weighted by Crippen LogP contribution is -2.47. The van der Waals surface area contributed by atoms with Crippen molar-refractivity contribution in [3.8, 4) is 5.75 Å². The van der Waals surface area contributed by atoms with Crippen LogP contribution in [-0.4, -0.2) is 47.6 Å². The van der Waals surface area contributed by atoms with E-state index in [-0.39, 0.29) is 30.9 Å². The summed E-state index contributed by atoms with van der Waals surface area (Å²) >= 11 is 0. The molecule has 2 fully saturated rings. The summed E-state index contributed by atoms with van der Waals surface area (Å²) < 4.78 is 5.18. The number of amides is 1. The Morgan fingerprint density at radius 2 is 2.08 bits per heavy atom. The van der Waals surface area contributed by atoms with Crippen LogP contribution < -0.4 is 10.1 Å². The molecular weight excluding hydrogens is 356 g/mol. The van der Waals surface area contributed by atoms with Gasteiger partial charge in [-0.3, -0.25) is 14.5 Å². The summed E-state index contributed by atoms with van der Waals surface area (Å²) in [5.41, 5.74) is 0.958. The Balaban J connectivity index is 0.00000243. The maximum Gasteiger partial charge on any atom is 0.320 e. The molecule has 1 amide bonds. The third kappa shape index (κ3) is 4.68. The predicted octanol–water partition coefficient (Wildman–Crippen LogP) is 2.45. The molecule has 1 aliphatic heterocycles. The van der Waals surface area contributed by atoms with Gasteiger partial charge in [-0.25, -0.2) is 0 Å². The van der Waals surface area contributed by atoms with Gasteiger partial charge in [0.05, 0.1) is 13.7 Å². The number of nitrogens with one attached hydrogen (secondary N) is 1. The molecule has 7 heteroatoms. The van der Waals surface area contributed by atoms with Crippen molar-refractivity contribution in [1.29, 1.82) is 0 Å². The number of methoxy groups -OCH3 is 1. The van der Waals surface area contributed by atoms with Crippen molar-refractivity contribution >= 4 is 24.3 Å². The van der Waals surface area contributed by atoms with Crippen molar-refractivity contribution in [2.24, 2.45) is 5.92 Å². The average Bonchev–Trinajstić information content (AvgIpc) is 2.99. The van der Waals surface area contributed by atoms with E-state index in [9.17, 15) is 14.7 Å². The molecule has 0 bridgehead atoms. The molecule has 2 aliphatic rings. The molecule has 6 nitrogen and oxygen atoms in total. The van der Waals surface area contributed by atoms with Gasteiger partial charge >= 0.3 is 5.97 Å². The lowest BCUT2D eigenvalue weighted by Gasteiger charge is -2.32. The normalized spacial score (nSPS) is 25.0. The van der Waals surface area contributed by atoms with Crippen LogP contribution in [0.4, 0.5) is 0 Å². The topological polar surface area (TPSA) is 78.9 Å². The van der Waals surface area contributed by atoms with Crippen LogP contribution in [-0.2, 0) is 16.1 Å². The fraction of sp³-hybridized carbons (Fsp3) is 0.579. The number of likely N-dealkylation sites (tertiary alicyclic amines) is 1. The number of benzene rings is 1. The molecule has 1 heterocycles. The van der Waals surface area contributed by atoms with E-state index in [1.807, 2.05) is 29.2 Å². The van der Waals surface area contributed by atoms with E-state index in [1.165, 1.54) is 6.42 Å². The quantitative estimate of drug-likeness (QED) is 0.790. The zero-order chi connectivity index (χ0) is 17.8. The van der Waals surface area contributed by atoms with E-state index in [4.69, 9.17) is 4.74 Å². The number of ether oxygens (including phenoxy) is 1. The number of hydrogen-bond acceptors (Lipinski definition) is 4. The summed E-state index contributed by atoms with van der Waals surface area (Å²) in [6.07, 6.45) is 5.04. The highest BCUT2D eigenvalue weighted by Gasteiger charge is 2.45. The van der Waals surface area contributed by atoms with Crippen LogP contribution in [0.3, 0.4) is 0 Å². The predicted molar refractivity (Wildman–Crippen MR) is 101 cm³/mol. The molecule has 1 saturated carbocycles. The number of carboxylic acids is 1. The number of carboxylic acid groups (broad SMARTS) is 1. The first-order valence-electron chi connectivity index (χ1n) is 8.96. The van der Waals surface area contributed by atoms with Crippen molar-refractivity contribution in [3.05, 3.63) is 29.8 Å². The third-order valence-electron chi connectivity index (χ3n) is 5.46. The van der Waals surface area contributed by atoms with E-state index < -0.39 is 12.0 Å². The molecule has 3 rings (SSSR count). The van der Waals surface area contributed by atoms with Crippen molar-refractivity contribution in [2.45, 2.75) is 50.7 Å². The molecule has 3 unspecified atom stereocenters. The summed E-state index contributed by atoms with van der Waals surface area (Å²) in [5.74, 6) is 0.235. The van der Waals surface area contributed by atoms with Gasteiger partial charge in [-0.1, -0.05) is 25.0 Å². The van der Waals surface area contributed by atoms with Crippen LogP contribution in [0.2, 0.25) is 0 Å². The van der Waals surface area contributed by atoms with E-state index in [0.717, 1.165) is 30.6 Å². The maximum absolute atomic E-state index is 12.4. The minimum atomic E-state index is -0.810. The Morgan fingerprint density at radius 3 is 2.81 bits per heavy atom. The van der Waals surface area contributed by atoms with Crippen molar-refractivity contribution in [2.75, 3.05) is 13.7 Å². The first-order valence-corrected chi connectivity index (χ1v) is 8.96. The van der Waals surface area contributed by atoms with Crippen LogP contribution in [0.5, 0.6) is 5.75 Å². The highest BCUT2D eigenvalue weighted by atomic mass is 35.5. The van der Waals surface area contributed by atoms with Gasteiger partial charge in [0.1, 0.15) is 11.8 Å². The van der Waals surface area contributed by atoms with Crippen molar-refractivity contribution < 1.29 is 19.4 Å². The van der Waals surface area contributed by atoms with Crippen LogP contribution in [0, 0.1) is 5.92 Å². The molecule has 1 aromatic carbocycles. The highest BCUT2D eigenvalue weighted by molar-refractivity contribution is 5.85. The largest absolute Gasteiger partial charge is 0.497 e. The summed E-state index contributed by atoms with van der Waals surface area (Å²) in [6.45, 7) is 0.567. The Morgan fingerprint density at radius 1 is 1.31 bits per heavy atom. The van der Waals surface area contributed by atoms with Gasteiger partial charge in [-0.05, 0) is 42.9 Å². The fourth-order valence-electron chi connectivity index (χ4n) is 4.23.